The van der Waals surface area contributed by atoms with Gasteiger partial charge < -0.3 is 25.0 Å². The van der Waals surface area contributed by atoms with Crippen molar-refractivity contribution in [3.63, 3.8) is 0 Å². The Labute approximate surface area is 139 Å². The molecule has 1 amide bonds. The Bertz CT molecular complexity index is 617. The molecule has 0 radical (unpaired) electrons. The van der Waals surface area contributed by atoms with Gasteiger partial charge in [0.15, 0.2) is 12.4 Å². The average Bonchev–Trinajstić information content (AvgIpc) is 2.92. The van der Waals surface area contributed by atoms with Gasteiger partial charge in [-0.05, 0) is 31.2 Å². The number of aromatic nitrogens is 2. The van der Waals surface area contributed by atoms with Crippen LogP contribution in [0.5, 0.6) is 5.75 Å². The lowest BCUT2D eigenvalue weighted by atomic mass is 10.2. The number of amides is 1. The monoisotopic (exact) mass is 342 g/mol. The lowest BCUT2D eigenvalue weighted by molar-refractivity contribution is -0.118. The Morgan fingerprint density at radius 2 is 2.09 bits per heavy atom. The molecule has 1 aromatic heterocycles. The molecule has 0 fully saturated rings. The van der Waals surface area contributed by atoms with Crippen LogP contribution < -0.4 is 15.8 Å². The zero-order chi connectivity index (χ0) is 15.9. The van der Waals surface area contributed by atoms with Gasteiger partial charge in [0.1, 0.15) is 11.8 Å². The predicted molar refractivity (Wildman–Crippen MR) is 85.5 cm³/mol. The third-order valence-corrected chi connectivity index (χ3v) is 2.74. The molecule has 1 heterocycles. The fourth-order valence-corrected chi connectivity index (χ4v) is 1.67. The molecule has 8 nitrogen and oxygen atoms in total. The molecular formula is C14H19ClN4O4. The highest BCUT2D eigenvalue weighted by Crippen LogP contribution is 2.17. The minimum atomic E-state index is -0.707. The SMILES string of the molecule is COCC(N)C(=O)Nc1ccc(OCc2nc(C)no2)cc1.Cl. The second-order valence-electron chi connectivity index (χ2n) is 4.60. The van der Waals surface area contributed by atoms with Gasteiger partial charge in [0, 0.05) is 12.8 Å². The topological polar surface area (TPSA) is 112 Å². The summed E-state index contributed by atoms with van der Waals surface area (Å²) in [6.07, 6.45) is 0. The number of nitrogens with one attached hydrogen (secondary N) is 1. The van der Waals surface area contributed by atoms with Crippen LogP contribution in [0.3, 0.4) is 0 Å². The van der Waals surface area contributed by atoms with E-state index in [0.717, 1.165) is 0 Å². The first kappa shape index (κ1) is 18.9. The summed E-state index contributed by atoms with van der Waals surface area (Å²) in [7, 11) is 1.49. The Morgan fingerprint density at radius 1 is 1.39 bits per heavy atom. The molecule has 1 atom stereocenters. The highest BCUT2D eigenvalue weighted by molar-refractivity contribution is 5.94. The van der Waals surface area contributed by atoms with E-state index in [2.05, 4.69) is 15.5 Å². The molecular weight excluding hydrogens is 324 g/mol. The third-order valence-electron chi connectivity index (χ3n) is 2.74. The van der Waals surface area contributed by atoms with Gasteiger partial charge >= 0.3 is 0 Å². The number of aryl methyl sites for hydroxylation is 1. The maximum atomic E-state index is 11.7. The summed E-state index contributed by atoms with van der Waals surface area (Å²) in [6.45, 7) is 2.08. The molecule has 1 aromatic carbocycles. The van der Waals surface area contributed by atoms with Gasteiger partial charge in [-0.25, -0.2) is 0 Å². The Morgan fingerprint density at radius 3 is 2.65 bits per heavy atom. The van der Waals surface area contributed by atoms with Gasteiger partial charge in [0.05, 0.1) is 6.61 Å². The minimum absolute atomic E-state index is 0. The van der Waals surface area contributed by atoms with Crippen molar-refractivity contribution in [2.24, 2.45) is 5.73 Å². The summed E-state index contributed by atoms with van der Waals surface area (Å²) in [5.74, 6) is 1.27. The summed E-state index contributed by atoms with van der Waals surface area (Å²) in [4.78, 5) is 15.8. The molecule has 2 aromatic rings. The Hall–Kier alpha value is -2.16. The summed E-state index contributed by atoms with van der Waals surface area (Å²) in [5.41, 5.74) is 6.26. The average molecular weight is 343 g/mol. The number of rotatable bonds is 7. The van der Waals surface area contributed by atoms with Crippen LogP contribution in [0.4, 0.5) is 5.69 Å². The van der Waals surface area contributed by atoms with Crippen LogP contribution in [0.1, 0.15) is 11.7 Å². The predicted octanol–water partition coefficient (Wildman–Crippen LogP) is 1.29. The highest BCUT2D eigenvalue weighted by atomic mass is 35.5. The van der Waals surface area contributed by atoms with Crippen LogP contribution in [0.2, 0.25) is 0 Å². The van der Waals surface area contributed by atoms with Crippen LogP contribution in [-0.2, 0) is 16.1 Å². The van der Waals surface area contributed by atoms with Crippen molar-refractivity contribution in [1.29, 1.82) is 0 Å². The van der Waals surface area contributed by atoms with Gasteiger partial charge in [-0.1, -0.05) is 5.16 Å². The molecule has 0 saturated heterocycles. The number of benzene rings is 1. The van der Waals surface area contributed by atoms with Crippen molar-refractivity contribution < 1.29 is 18.8 Å². The van der Waals surface area contributed by atoms with Crippen LogP contribution in [0.15, 0.2) is 28.8 Å². The standard InChI is InChI=1S/C14H18N4O4.ClH/c1-9-16-13(22-18-9)8-21-11-5-3-10(4-6-11)17-14(19)12(15)7-20-2;/h3-6,12H,7-8,15H2,1-2H3,(H,17,19);1H. The highest BCUT2D eigenvalue weighted by Gasteiger charge is 2.13. The Kier molecular flexibility index (Phi) is 7.46. The van der Waals surface area contributed by atoms with Crippen LogP contribution >= 0.6 is 12.4 Å². The molecule has 9 heteroatoms. The fourth-order valence-electron chi connectivity index (χ4n) is 1.67. The quantitative estimate of drug-likeness (QED) is 0.779. The number of halogens is 1. The number of nitrogens with two attached hydrogens (primary N) is 1. The van der Waals surface area contributed by atoms with Gasteiger partial charge in [-0.3, -0.25) is 4.79 Å². The molecule has 23 heavy (non-hydrogen) atoms. The second kappa shape index (κ2) is 9.09. The molecule has 0 aliphatic carbocycles. The summed E-state index contributed by atoms with van der Waals surface area (Å²) in [6, 6.07) is 6.17. The van der Waals surface area contributed by atoms with Crippen molar-refractivity contribution in [2.45, 2.75) is 19.6 Å². The number of methoxy groups -OCH3 is 1. The van der Waals surface area contributed by atoms with Gasteiger partial charge in [-0.15, -0.1) is 12.4 Å². The number of carbonyl (C=O) groups excluding carboxylic acids is 1. The van der Waals surface area contributed by atoms with E-state index in [1.54, 1.807) is 31.2 Å². The number of carbonyl (C=O) groups is 1. The van der Waals surface area contributed by atoms with E-state index in [0.29, 0.717) is 23.2 Å². The van der Waals surface area contributed by atoms with Crippen molar-refractivity contribution in [3.05, 3.63) is 36.0 Å². The minimum Gasteiger partial charge on any atom is -0.484 e. The first-order valence-electron chi connectivity index (χ1n) is 6.66. The van der Waals surface area contributed by atoms with Crippen molar-refractivity contribution >= 4 is 24.0 Å². The molecule has 0 bridgehead atoms. The summed E-state index contributed by atoms with van der Waals surface area (Å²) >= 11 is 0. The Balaban J connectivity index is 0.00000264. The lowest BCUT2D eigenvalue weighted by Crippen LogP contribution is -2.39. The zero-order valence-electron chi connectivity index (χ0n) is 12.8. The number of ether oxygens (including phenoxy) is 2. The van der Waals surface area contributed by atoms with Gasteiger partial charge in [0.2, 0.25) is 5.91 Å². The zero-order valence-corrected chi connectivity index (χ0v) is 13.6. The number of nitrogens with zero attached hydrogens (tertiary/aromatic N) is 2. The second-order valence-corrected chi connectivity index (χ2v) is 4.60. The van der Waals surface area contributed by atoms with Crippen LogP contribution in [0.25, 0.3) is 0 Å². The van der Waals surface area contributed by atoms with E-state index in [1.165, 1.54) is 7.11 Å². The normalized spacial score (nSPS) is 11.4. The molecule has 2 rings (SSSR count). The summed E-state index contributed by atoms with van der Waals surface area (Å²) in [5, 5.41) is 6.36. The fraction of sp³-hybridized carbons (Fsp3) is 0.357. The first-order chi connectivity index (χ1) is 10.6. The lowest BCUT2D eigenvalue weighted by Gasteiger charge is -2.11. The molecule has 0 aliphatic heterocycles. The van der Waals surface area contributed by atoms with Crippen LogP contribution in [0, 0.1) is 6.92 Å². The van der Waals surface area contributed by atoms with E-state index < -0.39 is 6.04 Å². The van der Waals surface area contributed by atoms with E-state index in [-0.39, 0.29) is 31.5 Å². The number of anilines is 1. The third kappa shape index (κ3) is 5.85. The molecule has 0 saturated carbocycles. The van der Waals surface area contributed by atoms with E-state index >= 15 is 0 Å². The first-order valence-corrected chi connectivity index (χ1v) is 6.66. The molecule has 0 spiro atoms. The maximum absolute atomic E-state index is 11.7. The smallest absolute Gasteiger partial charge is 0.264 e. The van der Waals surface area contributed by atoms with Gasteiger partial charge in [0.25, 0.3) is 5.89 Å². The summed E-state index contributed by atoms with van der Waals surface area (Å²) < 4.78 is 15.3. The molecule has 1 unspecified atom stereocenters. The van der Waals surface area contributed by atoms with Crippen molar-refractivity contribution in [1.82, 2.24) is 10.1 Å². The molecule has 126 valence electrons. The number of hydrogen-bond acceptors (Lipinski definition) is 7. The molecule has 3 N–H and O–H groups in total. The van der Waals surface area contributed by atoms with Gasteiger partial charge in [-0.2, -0.15) is 4.98 Å². The number of hydrogen-bond donors (Lipinski definition) is 2. The van der Waals surface area contributed by atoms with E-state index in [4.69, 9.17) is 19.7 Å². The van der Waals surface area contributed by atoms with E-state index in [9.17, 15) is 4.79 Å². The van der Waals surface area contributed by atoms with Crippen LogP contribution in [-0.4, -0.2) is 35.8 Å². The van der Waals surface area contributed by atoms with Crippen molar-refractivity contribution in [3.8, 4) is 5.75 Å². The maximum Gasteiger partial charge on any atom is 0.264 e. The molecule has 0 aliphatic rings. The van der Waals surface area contributed by atoms with Crippen molar-refractivity contribution in [2.75, 3.05) is 19.0 Å². The largest absolute Gasteiger partial charge is 0.484 e. The van der Waals surface area contributed by atoms with E-state index in [1.807, 2.05) is 0 Å².